The molecular formula is C27H29N3O5S. The molecule has 0 fully saturated rings. The number of amides is 2. The number of hydrogen-bond donors (Lipinski definition) is 2. The molecule has 0 aromatic heterocycles. The van der Waals surface area contributed by atoms with Crippen LogP contribution < -0.4 is 19.7 Å². The third kappa shape index (κ3) is 4.79. The summed E-state index contributed by atoms with van der Waals surface area (Å²) < 4.78 is 34.9. The molecule has 2 amide bonds. The molecule has 1 atom stereocenters. The fourth-order valence-electron chi connectivity index (χ4n) is 4.63. The van der Waals surface area contributed by atoms with E-state index in [-0.39, 0.29) is 11.3 Å². The van der Waals surface area contributed by atoms with Crippen molar-refractivity contribution in [1.82, 2.24) is 0 Å². The van der Waals surface area contributed by atoms with Crippen LogP contribution in [-0.4, -0.2) is 32.9 Å². The van der Waals surface area contributed by atoms with Gasteiger partial charge in [-0.25, -0.2) is 8.42 Å². The Labute approximate surface area is 211 Å². The summed E-state index contributed by atoms with van der Waals surface area (Å²) in [6, 6.07) is 15.9. The maximum atomic E-state index is 14.1. The smallest absolute Gasteiger partial charge is 0.265 e. The van der Waals surface area contributed by atoms with Crippen LogP contribution >= 0.6 is 0 Å². The van der Waals surface area contributed by atoms with Crippen molar-refractivity contribution >= 4 is 38.9 Å². The number of fused-ring (bicyclic) bond motifs is 1. The Morgan fingerprint density at radius 3 is 2.36 bits per heavy atom. The van der Waals surface area contributed by atoms with Crippen molar-refractivity contribution in [2.24, 2.45) is 0 Å². The zero-order valence-electron chi connectivity index (χ0n) is 20.7. The molecule has 0 bridgehead atoms. The lowest BCUT2D eigenvalue weighted by molar-refractivity contribution is -0.122. The molecule has 1 aliphatic rings. The van der Waals surface area contributed by atoms with E-state index >= 15 is 0 Å². The molecule has 9 heteroatoms. The second kappa shape index (κ2) is 10.0. The van der Waals surface area contributed by atoms with Gasteiger partial charge in [0.1, 0.15) is 11.8 Å². The molecule has 3 aromatic carbocycles. The lowest BCUT2D eigenvalue weighted by Crippen LogP contribution is -2.52. The van der Waals surface area contributed by atoms with Gasteiger partial charge in [-0.05, 0) is 63.1 Å². The van der Waals surface area contributed by atoms with Gasteiger partial charge in [0.2, 0.25) is 11.8 Å². The average Bonchev–Trinajstić information content (AvgIpc) is 2.80. The molecule has 8 nitrogen and oxygen atoms in total. The van der Waals surface area contributed by atoms with E-state index in [0.29, 0.717) is 40.5 Å². The molecule has 3 aromatic rings. The highest BCUT2D eigenvalue weighted by Gasteiger charge is 2.43. The fraction of sp³-hybridized carbons (Fsp3) is 0.259. The molecular weight excluding hydrogens is 478 g/mol. The number of nitrogens with one attached hydrogen (secondary N) is 2. The van der Waals surface area contributed by atoms with E-state index in [4.69, 9.17) is 4.74 Å². The molecule has 36 heavy (non-hydrogen) atoms. The largest absolute Gasteiger partial charge is 0.492 e. The van der Waals surface area contributed by atoms with E-state index in [9.17, 15) is 18.0 Å². The standard InChI is InChI=1S/C27H29N3O5S/c1-5-35-24-13-9-7-11-21(24)28-25(31)16-23-27(32)29-20-10-6-8-12-22(20)30(23)36(33,34)26-18(3)14-17(2)15-19(26)4/h6-15,23H,5,16H2,1-4H3,(H,28,31)(H,29,32)/t23-/m0/s1. The number of benzene rings is 3. The predicted molar refractivity (Wildman–Crippen MR) is 140 cm³/mol. The maximum Gasteiger partial charge on any atom is 0.265 e. The summed E-state index contributed by atoms with van der Waals surface area (Å²) >= 11 is 0. The summed E-state index contributed by atoms with van der Waals surface area (Å²) in [5.74, 6) is -0.602. The lowest BCUT2D eigenvalue weighted by Gasteiger charge is -2.37. The molecule has 1 heterocycles. The van der Waals surface area contributed by atoms with Gasteiger partial charge in [0.15, 0.2) is 0 Å². The molecule has 2 N–H and O–H groups in total. The summed E-state index contributed by atoms with van der Waals surface area (Å²) in [6.07, 6.45) is -0.385. The van der Waals surface area contributed by atoms with Crippen molar-refractivity contribution in [3.05, 3.63) is 77.4 Å². The predicted octanol–water partition coefficient (Wildman–Crippen LogP) is 4.56. The highest BCUT2D eigenvalue weighted by Crippen LogP contribution is 2.39. The molecule has 1 aliphatic heterocycles. The molecule has 0 spiro atoms. The quantitative estimate of drug-likeness (QED) is 0.488. The Balaban J connectivity index is 1.76. The van der Waals surface area contributed by atoms with Crippen LogP contribution in [0.4, 0.5) is 17.1 Å². The molecule has 0 saturated heterocycles. The highest BCUT2D eigenvalue weighted by molar-refractivity contribution is 7.93. The minimum atomic E-state index is -4.20. The van der Waals surface area contributed by atoms with Crippen LogP contribution in [-0.2, 0) is 19.6 Å². The van der Waals surface area contributed by atoms with Crippen molar-refractivity contribution < 1.29 is 22.7 Å². The lowest BCUT2D eigenvalue weighted by atomic mass is 10.1. The first-order chi connectivity index (χ1) is 17.1. The third-order valence-corrected chi connectivity index (χ3v) is 8.08. The molecule has 0 saturated carbocycles. The van der Waals surface area contributed by atoms with Gasteiger partial charge in [0.25, 0.3) is 10.0 Å². The number of sulfonamides is 1. The summed E-state index contributed by atoms with van der Waals surface area (Å²) in [4.78, 5) is 26.4. The van der Waals surface area contributed by atoms with Crippen molar-refractivity contribution in [1.29, 1.82) is 0 Å². The number of para-hydroxylation sites is 4. The second-order valence-corrected chi connectivity index (χ2v) is 10.5. The van der Waals surface area contributed by atoms with Crippen molar-refractivity contribution in [2.75, 3.05) is 21.5 Å². The Morgan fingerprint density at radius 1 is 1.03 bits per heavy atom. The van der Waals surface area contributed by atoms with Crippen LogP contribution in [0.5, 0.6) is 5.75 Å². The van der Waals surface area contributed by atoms with Gasteiger partial charge >= 0.3 is 0 Å². The van der Waals surface area contributed by atoms with Gasteiger partial charge in [0.05, 0.1) is 35.0 Å². The first kappa shape index (κ1) is 25.2. The summed E-state index contributed by atoms with van der Waals surface area (Å²) in [7, 11) is -4.20. The summed E-state index contributed by atoms with van der Waals surface area (Å²) in [5, 5.41) is 5.52. The first-order valence-corrected chi connectivity index (χ1v) is 13.1. The third-order valence-electron chi connectivity index (χ3n) is 5.95. The minimum Gasteiger partial charge on any atom is -0.492 e. The molecule has 0 radical (unpaired) electrons. The number of nitrogens with zero attached hydrogens (tertiary/aromatic N) is 1. The zero-order valence-corrected chi connectivity index (χ0v) is 21.5. The Bertz CT molecular complexity index is 1410. The first-order valence-electron chi connectivity index (χ1n) is 11.7. The molecule has 0 aliphatic carbocycles. The van der Waals surface area contributed by atoms with E-state index in [1.54, 1.807) is 74.5 Å². The monoisotopic (exact) mass is 507 g/mol. The van der Waals surface area contributed by atoms with Crippen molar-refractivity contribution in [3.63, 3.8) is 0 Å². The van der Waals surface area contributed by atoms with Crippen LogP contribution in [0.1, 0.15) is 30.0 Å². The topological polar surface area (TPSA) is 105 Å². The van der Waals surface area contributed by atoms with Gasteiger partial charge in [-0.15, -0.1) is 0 Å². The summed E-state index contributed by atoms with van der Waals surface area (Å²) in [6.45, 7) is 7.60. The van der Waals surface area contributed by atoms with E-state index < -0.39 is 27.9 Å². The normalized spacial score (nSPS) is 15.2. The number of aryl methyl sites for hydroxylation is 3. The number of carbonyl (C=O) groups excluding carboxylic acids is 2. The van der Waals surface area contributed by atoms with E-state index in [1.165, 1.54) is 0 Å². The number of anilines is 3. The van der Waals surface area contributed by atoms with E-state index in [0.717, 1.165) is 9.87 Å². The van der Waals surface area contributed by atoms with Gasteiger partial charge in [-0.1, -0.05) is 42.0 Å². The Hall–Kier alpha value is -3.85. The van der Waals surface area contributed by atoms with Gasteiger partial charge in [0, 0.05) is 0 Å². The van der Waals surface area contributed by atoms with Gasteiger partial charge in [-0.2, -0.15) is 0 Å². The number of carbonyl (C=O) groups is 2. The average molecular weight is 508 g/mol. The number of rotatable bonds is 7. The minimum absolute atomic E-state index is 0.129. The Kier molecular flexibility index (Phi) is 7.03. The molecule has 4 rings (SSSR count). The molecule has 188 valence electrons. The SMILES string of the molecule is CCOc1ccccc1NC(=O)C[C@H]1C(=O)Nc2ccccc2N1S(=O)(=O)c1c(C)cc(C)cc1C. The van der Waals surface area contributed by atoms with E-state index in [2.05, 4.69) is 10.6 Å². The molecule has 0 unspecified atom stereocenters. The van der Waals surface area contributed by atoms with Crippen LogP contribution in [0, 0.1) is 20.8 Å². The van der Waals surface area contributed by atoms with Crippen molar-refractivity contribution in [2.45, 2.75) is 45.1 Å². The fourth-order valence-corrected chi connectivity index (χ4v) is 6.69. The maximum absolute atomic E-state index is 14.1. The van der Waals surface area contributed by atoms with Crippen LogP contribution in [0.25, 0.3) is 0 Å². The second-order valence-electron chi connectivity index (χ2n) is 8.73. The Morgan fingerprint density at radius 2 is 1.67 bits per heavy atom. The van der Waals surface area contributed by atoms with Crippen LogP contribution in [0.2, 0.25) is 0 Å². The highest BCUT2D eigenvalue weighted by atomic mass is 32.2. The van der Waals surface area contributed by atoms with Crippen LogP contribution in [0.15, 0.2) is 65.6 Å². The number of hydrogen-bond acceptors (Lipinski definition) is 5. The summed E-state index contributed by atoms with van der Waals surface area (Å²) in [5.41, 5.74) is 3.20. The van der Waals surface area contributed by atoms with E-state index in [1.807, 2.05) is 13.8 Å². The van der Waals surface area contributed by atoms with Gasteiger partial charge < -0.3 is 15.4 Å². The van der Waals surface area contributed by atoms with Crippen molar-refractivity contribution in [3.8, 4) is 5.75 Å². The van der Waals surface area contributed by atoms with Crippen LogP contribution in [0.3, 0.4) is 0 Å². The zero-order chi connectivity index (χ0) is 26.0. The van der Waals surface area contributed by atoms with Gasteiger partial charge in [-0.3, -0.25) is 13.9 Å². The number of ether oxygens (including phenoxy) is 1.